The highest BCUT2D eigenvalue weighted by Gasteiger charge is 2.06. The number of halogens is 1. The molecular weight excluding hydrogens is 370 g/mol. The van der Waals surface area contributed by atoms with Gasteiger partial charge in [0.1, 0.15) is 0 Å². The summed E-state index contributed by atoms with van der Waals surface area (Å²) < 4.78 is 1.00. The van der Waals surface area contributed by atoms with Crippen LogP contribution in [0.5, 0.6) is 0 Å². The van der Waals surface area contributed by atoms with Gasteiger partial charge in [-0.25, -0.2) is 0 Å². The molecule has 2 heteroatoms. The molecule has 0 heterocycles. The van der Waals surface area contributed by atoms with E-state index in [4.69, 9.17) is 0 Å². The van der Waals surface area contributed by atoms with E-state index in [-0.39, 0.29) is 0 Å². The molecule has 1 nitrogen and oxygen atoms in total. The Bertz CT molecular complexity index is 863. The lowest BCUT2D eigenvalue weighted by Gasteiger charge is -2.13. The van der Waals surface area contributed by atoms with Crippen LogP contribution >= 0.6 is 15.9 Å². The van der Waals surface area contributed by atoms with Gasteiger partial charge in [-0.2, -0.15) is 0 Å². The lowest BCUT2D eigenvalue weighted by molar-refractivity contribution is 1.45. The van der Waals surface area contributed by atoms with Gasteiger partial charge in [-0.15, -0.1) is 0 Å². The van der Waals surface area contributed by atoms with Crippen LogP contribution in [-0.2, 0) is 0 Å². The van der Waals surface area contributed by atoms with Crippen molar-refractivity contribution in [2.75, 3.05) is 5.32 Å². The molecule has 124 valence electrons. The first kappa shape index (κ1) is 17.2. The second-order valence-electron chi connectivity index (χ2n) is 5.82. The van der Waals surface area contributed by atoms with E-state index in [0.717, 1.165) is 21.4 Å². The van der Waals surface area contributed by atoms with Crippen molar-refractivity contribution in [1.29, 1.82) is 0 Å². The van der Waals surface area contributed by atoms with Crippen LogP contribution in [0.2, 0.25) is 0 Å². The highest BCUT2D eigenvalue weighted by atomic mass is 79.9. The monoisotopic (exact) mass is 389 g/mol. The summed E-state index contributed by atoms with van der Waals surface area (Å²) in [6, 6.07) is 29.0. The molecule has 0 fully saturated rings. The summed E-state index contributed by atoms with van der Waals surface area (Å²) in [7, 11) is 0. The summed E-state index contributed by atoms with van der Waals surface area (Å²) in [5.74, 6) is 0. The van der Waals surface area contributed by atoms with E-state index in [1.807, 2.05) is 36.4 Å². The number of allylic oxidation sites excluding steroid dienone is 2. The number of hydrogen-bond donors (Lipinski definition) is 1. The lowest BCUT2D eigenvalue weighted by Crippen LogP contribution is -2.00. The molecule has 1 N–H and O–H groups in total. The number of aryl methyl sites for hydroxylation is 1. The van der Waals surface area contributed by atoms with Crippen molar-refractivity contribution >= 4 is 33.4 Å². The molecule has 0 unspecified atom stereocenters. The van der Waals surface area contributed by atoms with E-state index in [2.05, 4.69) is 88.9 Å². The SMILES string of the molecule is Cc1ccc(N/C(=C(Br)\C=C\c2ccccc2)c2ccccc2)cc1. The van der Waals surface area contributed by atoms with E-state index in [9.17, 15) is 0 Å². The minimum atomic E-state index is 1.00. The third kappa shape index (κ3) is 4.94. The summed E-state index contributed by atoms with van der Waals surface area (Å²) in [6.45, 7) is 2.09. The molecular formula is C23H20BrN. The Hall–Kier alpha value is -2.58. The average molecular weight is 390 g/mol. The summed E-state index contributed by atoms with van der Waals surface area (Å²) in [5, 5.41) is 3.54. The molecule has 0 aromatic heterocycles. The van der Waals surface area contributed by atoms with Crippen LogP contribution in [0.25, 0.3) is 11.8 Å². The first-order chi connectivity index (χ1) is 12.2. The maximum atomic E-state index is 3.74. The molecule has 0 atom stereocenters. The van der Waals surface area contributed by atoms with Gasteiger partial charge in [0.15, 0.2) is 0 Å². The van der Waals surface area contributed by atoms with Gasteiger partial charge in [-0.05, 0) is 52.2 Å². The lowest BCUT2D eigenvalue weighted by atomic mass is 10.1. The van der Waals surface area contributed by atoms with Crippen LogP contribution in [0.1, 0.15) is 16.7 Å². The molecule has 0 saturated carbocycles. The summed E-state index contributed by atoms with van der Waals surface area (Å²) in [5.41, 5.74) is 5.65. The summed E-state index contributed by atoms with van der Waals surface area (Å²) >= 11 is 3.74. The third-order valence-corrected chi connectivity index (χ3v) is 4.50. The van der Waals surface area contributed by atoms with Crippen LogP contribution in [0, 0.1) is 6.92 Å². The van der Waals surface area contributed by atoms with E-state index in [1.54, 1.807) is 0 Å². The molecule has 0 bridgehead atoms. The normalized spacial score (nSPS) is 12.1. The maximum absolute atomic E-state index is 3.74. The van der Waals surface area contributed by atoms with Gasteiger partial charge in [-0.1, -0.05) is 84.4 Å². The molecule has 25 heavy (non-hydrogen) atoms. The van der Waals surface area contributed by atoms with Crippen molar-refractivity contribution in [3.05, 3.63) is 112 Å². The Morgan fingerprint density at radius 3 is 2.04 bits per heavy atom. The van der Waals surface area contributed by atoms with E-state index in [0.29, 0.717) is 0 Å². The number of anilines is 1. The van der Waals surface area contributed by atoms with E-state index < -0.39 is 0 Å². The van der Waals surface area contributed by atoms with Crippen molar-refractivity contribution in [2.24, 2.45) is 0 Å². The maximum Gasteiger partial charge on any atom is 0.0602 e. The fourth-order valence-corrected chi connectivity index (χ4v) is 2.93. The van der Waals surface area contributed by atoms with Gasteiger partial charge < -0.3 is 5.32 Å². The Labute approximate surface area is 157 Å². The number of benzene rings is 3. The summed E-state index contributed by atoms with van der Waals surface area (Å²) in [4.78, 5) is 0. The second kappa shape index (κ2) is 8.50. The highest BCUT2D eigenvalue weighted by molar-refractivity contribution is 9.12. The molecule has 0 saturated heterocycles. The zero-order valence-electron chi connectivity index (χ0n) is 14.1. The van der Waals surface area contributed by atoms with Crippen LogP contribution < -0.4 is 5.32 Å². The minimum Gasteiger partial charge on any atom is -0.354 e. The molecule has 0 aliphatic carbocycles. The fraction of sp³-hybridized carbons (Fsp3) is 0.0435. The molecule has 3 aromatic rings. The van der Waals surface area contributed by atoms with Gasteiger partial charge in [0, 0.05) is 10.2 Å². The van der Waals surface area contributed by atoms with Gasteiger partial charge in [0.05, 0.1) is 5.70 Å². The number of hydrogen-bond acceptors (Lipinski definition) is 1. The first-order valence-electron chi connectivity index (χ1n) is 8.24. The van der Waals surface area contributed by atoms with Crippen LogP contribution in [0.4, 0.5) is 5.69 Å². The van der Waals surface area contributed by atoms with Crippen molar-refractivity contribution in [1.82, 2.24) is 0 Å². The number of rotatable bonds is 5. The molecule has 3 aromatic carbocycles. The van der Waals surface area contributed by atoms with Gasteiger partial charge in [-0.3, -0.25) is 0 Å². The minimum absolute atomic E-state index is 1.00. The van der Waals surface area contributed by atoms with E-state index in [1.165, 1.54) is 11.1 Å². The first-order valence-corrected chi connectivity index (χ1v) is 9.04. The van der Waals surface area contributed by atoms with Crippen molar-refractivity contribution in [3.63, 3.8) is 0 Å². The molecule has 3 rings (SSSR count). The highest BCUT2D eigenvalue weighted by Crippen LogP contribution is 2.26. The Kier molecular flexibility index (Phi) is 5.86. The summed E-state index contributed by atoms with van der Waals surface area (Å²) in [6.07, 6.45) is 4.18. The molecule has 0 aliphatic rings. The van der Waals surface area contributed by atoms with Gasteiger partial charge in [0.25, 0.3) is 0 Å². The van der Waals surface area contributed by atoms with E-state index >= 15 is 0 Å². The molecule has 0 amide bonds. The molecule has 0 spiro atoms. The molecule has 0 radical (unpaired) electrons. The third-order valence-electron chi connectivity index (χ3n) is 3.84. The van der Waals surface area contributed by atoms with Crippen molar-refractivity contribution in [3.8, 4) is 0 Å². The Balaban J connectivity index is 1.95. The van der Waals surface area contributed by atoms with Gasteiger partial charge in [0.2, 0.25) is 0 Å². The molecule has 0 aliphatic heterocycles. The topological polar surface area (TPSA) is 12.0 Å². The van der Waals surface area contributed by atoms with Crippen molar-refractivity contribution in [2.45, 2.75) is 6.92 Å². The Morgan fingerprint density at radius 1 is 0.800 bits per heavy atom. The predicted molar refractivity (Wildman–Crippen MR) is 113 cm³/mol. The smallest absolute Gasteiger partial charge is 0.0602 e. The average Bonchev–Trinajstić information content (AvgIpc) is 2.67. The zero-order chi connectivity index (χ0) is 17.5. The Morgan fingerprint density at radius 2 is 1.40 bits per heavy atom. The van der Waals surface area contributed by atoms with Crippen LogP contribution in [0.15, 0.2) is 95.5 Å². The zero-order valence-corrected chi connectivity index (χ0v) is 15.7. The second-order valence-corrected chi connectivity index (χ2v) is 6.68. The number of nitrogens with one attached hydrogen (secondary N) is 1. The fourth-order valence-electron chi connectivity index (χ4n) is 2.47. The van der Waals surface area contributed by atoms with Crippen LogP contribution in [0.3, 0.4) is 0 Å². The van der Waals surface area contributed by atoms with Crippen LogP contribution in [-0.4, -0.2) is 0 Å². The van der Waals surface area contributed by atoms with Gasteiger partial charge >= 0.3 is 0 Å². The van der Waals surface area contributed by atoms with Crippen molar-refractivity contribution < 1.29 is 0 Å². The standard InChI is InChI=1S/C23H20BrN/c1-18-12-15-21(16-13-18)25-23(20-10-6-3-7-11-20)22(24)17-14-19-8-4-2-5-9-19/h2-17,25H,1H3/b17-14+,23-22+. The predicted octanol–water partition coefficient (Wildman–Crippen LogP) is 6.88. The quantitative estimate of drug-likeness (QED) is 0.468. The largest absolute Gasteiger partial charge is 0.354 e.